The van der Waals surface area contributed by atoms with E-state index < -0.39 is 0 Å². The van der Waals surface area contributed by atoms with Crippen LogP contribution in [0.1, 0.15) is 18.1 Å². The fourth-order valence-corrected chi connectivity index (χ4v) is 3.38. The summed E-state index contributed by atoms with van der Waals surface area (Å²) in [5.41, 5.74) is 3.14. The molecule has 20 heavy (non-hydrogen) atoms. The summed E-state index contributed by atoms with van der Waals surface area (Å²) in [6, 6.07) is 11.8. The maximum Gasteiger partial charge on any atom is 0.183 e. The smallest absolute Gasteiger partial charge is 0.183 e. The fourth-order valence-electron chi connectivity index (χ4n) is 3.20. The van der Waals surface area contributed by atoms with Gasteiger partial charge in [-0.05, 0) is 48.9 Å². The lowest BCUT2D eigenvalue weighted by Gasteiger charge is -2.23. The number of anilines is 1. The zero-order valence-corrected chi connectivity index (χ0v) is 12.0. The summed E-state index contributed by atoms with van der Waals surface area (Å²) in [6.45, 7) is 2.18. The van der Waals surface area contributed by atoms with Gasteiger partial charge in [0.1, 0.15) is 11.5 Å². The van der Waals surface area contributed by atoms with Crippen molar-refractivity contribution in [2.75, 3.05) is 12.4 Å². The van der Waals surface area contributed by atoms with E-state index in [0.29, 0.717) is 0 Å². The summed E-state index contributed by atoms with van der Waals surface area (Å²) >= 11 is 6.17. The van der Waals surface area contributed by atoms with E-state index in [1.807, 2.05) is 36.4 Å². The van der Waals surface area contributed by atoms with Crippen LogP contribution in [0.5, 0.6) is 11.5 Å². The van der Waals surface area contributed by atoms with Gasteiger partial charge < -0.3 is 14.8 Å². The molecule has 2 aliphatic rings. The lowest BCUT2D eigenvalue weighted by Crippen LogP contribution is -2.35. The van der Waals surface area contributed by atoms with Crippen molar-refractivity contribution in [1.82, 2.24) is 0 Å². The van der Waals surface area contributed by atoms with Crippen LogP contribution < -0.4 is 14.8 Å². The minimum atomic E-state index is -0.246. The molecular formula is C16H14ClNO2. The van der Waals surface area contributed by atoms with Crippen LogP contribution in [0.4, 0.5) is 5.69 Å². The van der Waals surface area contributed by atoms with Gasteiger partial charge in [-0.25, -0.2) is 0 Å². The molecule has 102 valence electrons. The molecule has 3 nitrogen and oxygen atoms in total. The van der Waals surface area contributed by atoms with Gasteiger partial charge in [-0.2, -0.15) is 0 Å². The highest BCUT2D eigenvalue weighted by atomic mass is 35.5. The molecule has 2 aromatic carbocycles. The SMILES string of the molecule is COc1ccc2c(c1)[C@]1(C)c3cc(Cl)ccc3N[C@@H]1O2. The van der Waals surface area contributed by atoms with Crippen molar-refractivity contribution in [3.05, 3.63) is 52.5 Å². The van der Waals surface area contributed by atoms with Crippen molar-refractivity contribution in [3.8, 4) is 11.5 Å². The van der Waals surface area contributed by atoms with E-state index in [1.54, 1.807) is 7.11 Å². The summed E-state index contributed by atoms with van der Waals surface area (Å²) < 4.78 is 11.4. The normalized spacial score (nSPS) is 25.2. The van der Waals surface area contributed by atoms with Crippen LogP contribution in [0.25, 0.3) is 0 Å². The largest absolute Gasteiger partial charge is 0.497 e. The lowest BCUT2D eigenvalue weighted by molar-refractivity contribution is 0.217. The van der Waals surface area contributed by atoms with Crippen LogP contribution in [0.2, 0.25) is 5.02 Å². The van der Waals surface area contributed by atoms with Crippen LogP contribution in [-0.4, -0.2) is 13.3 Å². The molecule has 4 heteroatoms. The summed E-state index contributed by atoms with van der Waals surface area (Å²) in [5, 5.41) is 4.17. The first-order valence-corrected chi connectivity index (χ1v) is 6.92. The molecule has 0 bridgehead atoms. The van der Waals surface area contributed by atoms with Gasteiger partial charge in [-0.1, -0.05) is 11.6 Å². The van der Waals surface area contributed by atoms with Gasteiger partial charge in [-0.3, -0.25) is 0 Å². The molecule has 0 amide bonds. The van der Waals surface area contributed by atoms with Gasteiger partial charge >= 0.3 is 0 Å². The number of fused-ring (bicyclic) bond motifs is 5. The highest BCUT2D eigenvalue weighted by Crippen LogP contribution is 2.54. The molecule has 0 saturated carbocycles. The van der Waals surface area contributed by atoms with Gasteiger partial charge in [0.05, 0.1) is 12.5 Å². The van der Waals surface area contributed by atoms with E-state index in [-0.39, 0.29) is 11.6 Å². The van der Waals surface area contributed by atoms with Crippen molar-refractivity contribution >= 4 is 17.3 Å². The third-order valence-electron chi connectivity index (χ3n) is 4.34. The number of benzene rings is 2. The topological polar surface area (TPSA) is 30.5 Å². The quantitative estimate of drug-likeness (QED) is 0.865. The number of hydrogen-bond donors (Lipinski definition) is 1. The maximum absolute atomic E-state index is 6.17. The third kappa shape index (κ3) is 1.36. The second-order valence-corrected chi connectivity index (χ2v) is 5.83. The Labute approximate surface area is 122 Å². The number of hydrogen-bond acceptors (Lipinski definition) is 3. The zero-order valence-electron chi connectivity index (χ0n) is 11.2. The Bertz CT molecular complexity index is 716. The molecule has 0 aromatic heterocycles. The number of nitrogens with one attached hydrogen (secondary N) is 1. The molecule has 1 N–H and O–H groups in total. The van der Waals surface area contributed by atoms with Crippen molar-refractivity contribution < 1.29 is 9.47 Å². The molecule has 2 atom stereocenters. The lowest BCUT2D eigenvalue weighted by atomic mass is 9.78. The summed E-state index contributed by atoms with van der Waals surface area (Å²) in [4.78, 5) is 0. The van der Waals surface area contributed by atoms with Crippen LogP contribution in [0.15, 0.2) is 36.4 Å². The van der Waals surface area contributed by atoms with E-state index >= 15 is 0 Å². The van der Waals surface area contributed by atoms with Crippen LogP contribution in [-0.2, 0) is 5.41 Å². The highest BCUT2D eigenvalue weighted by molar-refractivity contribution is 6.30. The van der Waals surface area contributed by atoms with Crippen molar-refractivity contribution in [3.63, 3.8) is 0 Å². The summed E-state index contributed by atoms with van der Waals surface area (Å²) in [5.74, 6) is 1.74. The molecule has 2 heterocycles. The average Bonchev–Trinajstić information content (AvgIpc) is 2.88. The van der Waals surface area contributed by atoms with Gasteiger partial charge in [0.25, 0.3) is 0 Å². The molecule has 0 radical (unpaired) electrons. The Morgan fingerprint density at radius 2 is 2.05 bits per heavy atom. The molecule has 2 aliphatic heterocycles. The van der Waals surface area contributed by atoms with Crippen LogP contribution in [0, 0.1) is 0 Å². The predicted molar refractivity (Wildman–Crippen MR) is 78.9 cm³/mol. The number of ether oxygens (including phenoxy) is 2. The third-order valence-corrected chi connectivity index (χ3v) is 4.58. The van der Waals surface area contributed by atoms with Gasteiger partial charge in [-0.15, -0.1) is 0 Å². The first-order chi connectivity index (χ1) is 9.62. The minimum Gasteiger partial charge on any atom is -0.497 e. The predicted octanol–water partition coefficient (Wildman–Crippen LogP) is 3.80. The van der Waals surface area contributed by atoms with Crippen molar-refractivity contribution in [2.24, 2.45) is 0 Å². The van der Waals surface area contributed by atoms with Crippen LogP contribution in [0.3, 0.4) is 0 Å². The van der Waals surface area contributed by atoms with Gasteiger partial charge in [0.15, 0.2) is 6.23 Å². The van der Waals surface area contributed by atoms with Gasteiger partial charge in [0, 0.05) is 16.3 Å². The molecular weight excluding hydrogens is 274 g/mol. The maximum atomic E-state index is 6.17. The summed E-state index contributed by atoms with van der Waals surface area (Å²) in [6.07, 6.45) is -0.0990. The Morgan fingerprint density at radius 3 is 2.85 bits per heavy atom. The Kier molecular flexibility index (Phi) is 2.28. The minimum absolute atomic E-state index is 0.0990. The number of halogens is 1. The van der Waals surface area contributed by atoms with E-state index in [4.69, 9.17) is 21.1 Å². The summed E-state index contributed by atoms with van der Waals surface area (Å²) in [7, 11) is 1.68. The Balaban J connectivity index is 1.96. The second-order valence-electron chi connectivity index (χ2n) is 5.40. The van der Waals surface area contributed by atoms with E-state index in [0.717, 1.165) is 27.8 Å². The first-order valence-electron chi connectivity index (χ1n) is 6.54. The Morgan fingerprint density at radius 1 is 1.20 bits per heavy atom. The molecule has 4 rings (SSSR count). The van der Waals surface area contributed by atoms with E-state index in [1.165, 1.54) is 5.56 Å². The van der Waals surface area contributed by atoms with Crippen molar-refractivity contribution in [2.45, 2.75) is 18.6 Å². The number of rotatable bonds is 1. The monoisotopic (exact) mass is 287 g/mol. The molecule has 0 fully saturated rings. The molecule has 0 unspecified atom stereocenters. The van der Waals surface area contributed by atoms with E-state index in [2.05, 4.69) is 12.2 Å². The zero-order chi connectivity index (χ0) is 13.9. The van der Waals surface area contributed by atoms with Crippen LogP contribution >= 0.6 is 11.6 Å². The Hall–Kier alpha value is -1.87. The molecule has 2 aromatic rings. The van der Waals surface area contributed by atoms with Crippen molar-refractivity contribution in [1.29, 1.82) is 0 Å². The highest BCUT2D eigenvalue weighted by Gasteiger charge is 2.52. The molecule has 0 aliphatic carbocycles. The fraction of sp³-hybridized carbons (Fsp3) is 0.250. The van der Waals surface area contributed by atoms with E-state index in [9.17, 15) is 0 Å². The number of methoxy groups -OCH3 is 1. The second kappa shape index (κ2) is 3.83. The first kappa shape index (κ1) is 11.9. The molecule has 0 spiro atoms. The average molecular weight is 288 g/mol. The van der Waals surface area contributed by atoms with Gasteiger partial charge in [0.2, 0.25) is 0 Å². The standard InChI is InChI=1S/C16H14ClNO2/c1-16-11-7-9(17)3-5-13(11)18-15(16)20-14-6-4-10(19-2)8-12(14)16/h3-8,15,18H,1-2H3/t15-,16+/m1/s1. The molecule has 0 saturated heterocycles.